The number of amidine groups is 1. The maximum Gasteiger partial charge on any atom is 0.416 e. The third-order valence-corrected chi connectivity index (χ3v) is 2.70. The number of rotatable bonds is 4. The van der Waals surface area contributed by atoms with E-state index in [1.807, 2.05) is 0 Å². The molecule has 0 aliphatic heterocycles. The largest absolute Gasteiger partial charge is 0.416 e. The summed E-state index contributed by atoms with van der Waals surface area (Å²) >= 11 is 9.85. The summed E-state index contributed by atoms with van der Waals surface area (Å²) in [5, 5.41) is 21.7. The third-order valence-electron chi connectivity index (χ3n) is 2.31. The van der Waals surface area contributed by atoms with E-state index in [0.29, 0.717) is 0 Å². The van der Waals surface area contributed by atoms with Gasteiger partial charge in [-0.2, -0.15) is 17.6 Å². The van der Waals surface area contributed by atoms with Crippen LogP contribution in [0.3, 0.4) is 0 Å². The molecule has 1 aromatic rings. The highest BCUT2D eigenvalue weighted by Gasteiger charge is 2.38. The SMILES string of the molecule is NC(=Nc1c([N+](=O)[O-])cc(C(F)(F)F)cc1[N+](=O)[O-])C(F)(Cl)Cl. The van der Waals surface area contributed by atoms with Crippen molar-refractivity contribution in [3.8, 4) is 0 Å². The normalized spacial score (nSPS) is 13.0. The number of benzene rings is 1. The molecule has 0 radical (unpaired) electrons. The Labute approximate surface area is 133 Å². The first-order valence-corrected chi connectivity index (χ1v) is 5.96. The van der Waals surface area contributed by atoms with Crippen LogP contribution in [0.2, 0.25) is 0 Å². The summed E-state index contributed by atoms with van der Waals surface area (Å²) in [6.07, 6.45) is -5.11. The van der Waals surface area contributed by atoms with Crippen LogP contribution in [0.4, 0.5) is 34.6 Å². The lowest BCUT2D eigenvalue weighted by atomic mass is 10.1. The van der Waals surface area contributed by atoms with E-state index in [0.717, 1.165) is 0 Å². The number of nitrogens with two attached hydrogens (primary N) is 1. The van der Waals surface area contributed by atoms with Crippen molar-refractivity contribution in [2.24, 2.45) is 10.7 Å². The number of aliphatic imine (C=N–C) groups is 1. The van der Waals surface area contributed by atoms with E-state index in [9.17, 15) is 37.8 Å². The van der Waals surface area contributed by atoms with Crippen LogP contribution < -0.4 is 5.73 Å². The molecule has 0 unspecified atom stereocenters. The van der Waals surface area contributed by atoms with Crippen LogP contribution in [0, 0.1) is 20.2 Å². The molecule has 0 aliphatic carbocycles. The molecule has 126 valence electrons. The molecule has 2 N–H and O–H groups in total. The van der Waals surface area contributed by atoms with Crippen molar-refractivity contribution in [1.29, 1.82) is 0 Å². The summed E-state index contributed by atoms with van der Waals surface area (Å²) in [6, 6.07) is -0.0248. The molecular formula is C9H4Cl2F4N4O4. The third kappa shape index (κ3) is 4.39. The van der Waals surface area contributed by atoms with Crippen LogP contribution in [0.5, 0.6) is 0 Å². The number of halogens is 6. The summed E-state index contributed by atoms with van der Waals surface area (Å²) in [5.41, 5.74) is -0.757. The van der Waals surface area contributed by atoms with Crippen LogP contribution in [0.15, 0.2) is 17.1 Å². The van der Waals surface area contributed by atoms with Gasteiger partial charge in [-0.05, 0) is 0 Å². The fourth-order valence-corrected chi connectivity index (χ4v) is 1.43. The first-order valence-electron chi connectivity index (χ1n) is 5.20. The molecule has 0 saturated heterocycles. The molecular weight excluding hydrogens is 375 g/mol. The second kappa shape index (κ2) is 6.12. The zero-order valence-electron chi connectivity index (χ0n) is 10.5. The summed E-state index contributed by atoms with van der Waals surface area (Å²) < 4.78 is 47.8. The van der Waals surface area contributed by atoms with Gasteiger partial charge < -0.3 is 5.73 Å². The number of nitro groups is 2. The molecule has 0 spiro atoms. The van der Waals surface area contributed by atoms with Crippen molar-refractivity contribution in [1.82, 2.24) is 0 Å². The van der Waals surface area contributed by atoms with Crippen LogP contribution in [0.25, 0.3) is 0 Å². The summed E-state index contributed by atoms with van der Waals surface area (Å²) in [7, 11) is 0. The van der Waals surface area contributed by atoms with Crippen LogP contribution >= 0.6 is 23.2 Å². The lowest BCUT2D eigenvalue weighted by molar-refractivity contribution is -0.392. The summed E-state index contributed by atoms with van der Waals surface area (Å²) in [4.78, 5) is 21.9. The van der Waals surface area contributed by atoms with E-state index in [4.69, 9.17) is 28.9 Å². The minimum Gasteiger partial charge on any atom is -0.382 e. The molecule has 0 aliphatic rings. The molecule has 23 heavy (non-hydrogen) atoms. The quantitative estimate of drug-likeness (QED) is 0.214. The highest BCUT2D eigenvalue weighted by molar-refractivity contribution is 6.57. The minimum absolute atomic E-state index is 0.0124. The Morgan fingerprint density at radius 3 is 1.74 bits per heavy atom. The van der Waals surface area contributed by atoms with Gasteiger partial charge in [-0.3, -0.25) is 20.2 Å². The Kier molecular flexibility index (Phi) is 5.01. The van der Waals surface area contributed by atoms with Gasteiger partial charge in [0, 0.05) is 12.1 Å². The number of nitrogens with zero attached hydrogens (tertiary/aromatic N) is 3. The van der Waals surface area contributed by atoms with E-state index in [1.165, 1.54) is 0 Å². The molecule has 0 saturated carbocycles. The van der Waals surface area contributed by atoms with Crippen molar-refractivity contribution < 1.29 is 27.4 Å². The van der Waals surface area contributed by atoms with Gasteiger partial charge in [-0.1, -0.05) is 23.2 Å². The molecule has 0 atom stereocenters. The number of nitro benzene ring substituents is 2. The van der Waals surface area contributed by atoms with E-state index in [2.05, 4.69) is 4.99 Å². The van der Waals surface area contributed by atoms with E-state index >= 15 is 0 Å². The predicted molar refractivity (Wildman–Crippen MR) is 71.6 cm³/mol. The topological polar surface area (TPSA) is 125 Å². The number of hydrogen-bond acceptors (Lipinski definition) is 5. The molecule has 14 heteroatoms. The zero-order chi connectivity index (χ0) is 18.2. The van der Waals surface area contributed by atoms with Gasteiger partial charge in [-0.25, -0.2) is 4.99 Å². The standard InChI is InChI=1S/C9H4Cl2F4N4O4/c10-8(11,12)7(16)17-6-4(18(20)21)1-3(9(13,14)15)2-5(6)19(22)23/h1-2H,(H2,16,17). The van der Waals surface area contributed by atoms with Gasteiger partial charge in [-0.15, -0.1) is 0 Å². The van der Waals surface area contributed by atoms with Crippen molar-refractivity contribution in [2.75, 3.05) is 0 Å². The molecule has 1 rings (SSSR count). The van der Waals surface area contributed by atoms with Crippen molar-refractivity contribution in [2.45, 2.75) is 10.8 Å². The first-order chi connectivity index (χ1) is 10.2. The Morgan fingerprint density at radius 1 is 1.09 bits per heavy atom. The molecule has 0 aromatic heterocycles. The Hall–Kier alpha value is -2.21. The summed E-state index contributed by atoms with van der Waals surface area (Å²) in [6.45, 7) is 0. The summed E-state index contributed by atoms with van der Waals surface area (Å²) in [5.74, 6) is -1.33. The average molecular weight is 379 g/mol. The van der Waals surface area contributed by atoms with Gasteiger partial charge in [0.25, 0.3) is 0 Å². The predicted octanol–water partition coefficient (Wildman–Crippen LogP) is 3.61. The highest BCUT2D eigenvalue weighted by atomic mass is 35.5. The maximum atomic E-state index is 13.2. The molecule has 0 bridgehead atoms. The van der Waals surface area contributed by atoms with Gasteiger partial charge in [0.05, 0.1) is 15.4 Å². The Balaban J connectivity index is 3.81. The fraction of sp³-hybridized carbons (Fsp3) is 0.222. The second-order valence-corrected chi connectivity index (χ2v) is 5.10. The molecule has 0 heterocycles. The molecule has 0 fully saturated rings. The van der Waals surface area contributed by atoms with E-state index in [-0.39, 0.29) is 12.1 Å². The monoisotopic (exact) mass is 378 g/mol. The van der Waals surface area contributed by atoms with Gasteiger partial charge in [0.2, 0.25) is 5.69 Å². The molecule has 1 aromatic carbocycles. The van der Waals surface area contributed by atoms with Crippen molar-refractivity contribution in [3.63, 3.8) is 0 Å². The molecule has 0 amide bonds. The smallest absolute Gasteiger partial charge is 0.382 e. The fourth-order valence-electron chi connectivity index (χ4n) is 1.34. The lowest BCUT2D eigenvalue weighted by Gasteiger charge is -2.10. The van der Waals surface area contributed by atoms with E-state index in [1.54, 1.807) is 0 Å². The number of alkyl halides is 6. The van der Waals surface area contributed by atoms with Gasteiger partial charge in [0.1, 0.15) is 0 Å². The second-order valence-electron chi connectivity index (χ2n) is 3.87. The van der Waals surface area contributed by atoms with Crippen molar-refractivity contribution >= 4 is 46.1 Å². The van der Waals surface area contributed by atoms with Gasteiger partial charge in [0.15, 0.2) is 5.84 Å². The first kappa shape index (κ1) is 18.8. The highest BCUT2D eigenvalue weighted by Crippen LogP contribution is 2.43. The van der Waals surface area contributed by atoms with Crippen LogP contribution in [-0.2, 0) is 6.18 Å². The lowest BCUT2D eigenvalue weighted by Crippen LogP contribution is -2.29. The average Bonchev–Trinajstić information content (AvgIpc) is 2.35. The van der Waals surface area contributed by atoms with E-state index < -0.39 is 49.1 Å². The Bertz CT molecular complexity index is 667. The Morgan fingerprint density at radius 2 is 1.48 bits per heavy atom. The molecule has 8 nitrogen and oxygen atoms in total. The number of hydrogen-bond donors (Lipinski definition) is 1. The van der Waals surface area contributed by atoms with Crippen LogP contribution in [0.1, 0.15) is 5.56 Å². The van der Waals surface area contributed by atoms with Crippen molar-refractivity contribution in [3.05, 3.63) is 37.9 Å². The van der Waals surface area contributed by atoms with Gasteiger partial charge >= 0.3 is 22.1 Å². The minimum atomic E-state index is -5.11. The van der Waals surface area contributed by atoms with Crippen LogP contribution in [-0.4, -0.2) is 20.3 Å². The zero-order valence-corrected chi connectivity index (χ0v) is 12.0. The maximum absolute atomic E-state index is 13.2.